The van der Waals surface area contributed by atoms with Crippen LogP contribution in [0.4, 0.5) is 0 Å². The first-order valence-corrected chi connectivity index (χ1v) is 7.04. The molecule has 1 unspecified atom stereocenters. The monoisotopic (exact) mass is 350 g/mol. The summed E-state index contributed by atoms with van der Waals surface area (Å²) in [5, 5.41) is 4.85. The van der Waals surface area contributed by atoms with E-state index in [0.29, 0.717) is 17.5 Å². The van der Waals surface area contributed by atoms with Gasteiger partial charge in [-0.3, -0.25) is 23.3 Å². The van der Waals surface area contributed by atoms with Gasteiger partial charge in [-0.05, 0) is 18.6 Å². The number of fused-ring (bicyclic) bond motifs is 1. The van der Waals surface area contributed by atoms with Crippen LogP contribution in [0.25, 0.3) is 11.0 Å². The summed E-state index contributed by atoms with van der Waals surface area (Å²) in [6.45, 7) is 0. The summed E-state index contributed by atoms with van der Waals surface area (Å²) in [6.07, 6.45) is 2.07. The summed E-state index contributed by atoms with van der Waals surface area (Å²) in [6, 6.07) is 4.50. The molecule has 2 N–H and O–H groups in total. The number of rotatable bonds is 2. The standard InChI is InChI=1S/C13H11BrN4O3/c14-18-6-15-11-7(2-1-3-9(11)18)12(20)16-8-4-5-10(19)17-13(8)21/h1-3,6,8H,4-5H2,(H,16,20)(H,17,19,21). The number of nitrogens with zero attached hydrogens (tertiary/aromatic N) is 2. The summed E-state index contributed by atoms with van der Waals surface area (Å²) in [5.74, 6) is -1.18. The molecule has 2 heterocycles. The van der Waals surface area contributed by atoms with E-state index in [9.17, 15) is 14.4 Å². The number of para-hydroxylation sites is 1. The van der Waals surface area contributed by atoms with Gasteiger partial charge in [-0.15, -0.1) is 0 Å². The average molecular weight is 351 g/mol. The first kappa shape index (κ1) is 13.7. The smallest absolute Gasteiger partial charge is 0.254 e. The number of hydrogen-bond donors (Lipinski definition) is 2. The normalized spacial score (nSPS) is 18.6. The molecule has 1 fully saturated rings. The highest BCUT2D eigenvalue weighted by atomic mass is 79.9. The van der Waals surface area contributed by atoms with Crippen molar-refractivity contribution in [2.24, 2.45) is 0 Å². The number of benzene rings is 1. The van der Waals surface area contributed by atoms with Crippen LogP contribution >= 0.6 is 16.1 Å². The molecule has 0 saturated carbocycles. The Bertz CT molecular complexity index is 755. The number of carbonyl (C=O) groups is 3. The number of halogens is 1. The fourth-order valence-electron chi connectivity index (χ4n) is 2.26. The highest BCUT2D eigenvalue weighted by Crippen LogP contribution is 2.19. The zero-order chi connectivity index (χ0) is 15.0. The zero-order valence-electron chi connectivity index (χ0n) is 10.8. The lowest BCUT2D eigenvalue weighted by Crippen LogP contribution is -2.52. The van der Waals surface area contributed by atoms with Gasteiger partial charge in [0.15, 0.2) is 0 Å². The third-order valence-electron chi connectivity index (χ3n) is 3.32. The summed E-state index contributed by atoms with van der Waals surface area (Å²) in [5.41, 5.74) is 1.68. The quantitative estimate of drug-likeness (QED) is 0.780. The van der Waals surface area contributed by atoms with Gasteiger partial charge in [0.25, 0.3) is 5.91 Å². The van der Waals surface area contributed by atoms with Gasteiger partial charge >= 0.3 is 0 Å². The van der Waals surface area contributed by atoms with Gasteiger partial charge in [-0.25, -0.2) is 4.98 Å². The first-order valence-electron chi connectivity index (χ1n) is 6.33. The zero-order valence-corrected chi connectivity index (χ0v) is 12.4. The molecule has 0 radical (unpaired) electrons. The van der Waals surface area contributed by atoms with Crippen molar-refractivity contribution < 1.29 is 14.4 Å². The predicted molar refractivity (Wildman–Crippen MR) is 77.7 cm³/mol. The third kappa shape index (κ3) is 2.54. The van der Waals surface area contributed by atoms with Crippen molar-refractivity contribution in [3.05, 3.63) is 30.1 Å². The Morgan fingerprint density at radius 2 is 2.24 bits per heavy atom. The van der Waals surface area contributed by atoms with E-state index < -0.39 is 11.9 Å². The number of imidazole rings is 1. The van der Waals surface area contributed by atoms with E-state index in [2.05, 4.69) is 31.8 Å². The Labute approximate surface area is 128 Å². The van der Waals surface area contributed by atoms with Crippen molar-refractivity contribution in [3.8, 4) is 0 Å². The predicted octanol–water partition coefficient (Wildman–Crippen LogP) is 0.729. The van der Waals surface area contributed by atoms with Crippen LogP contribution in [0, 0.1) is 0 Å². The van der Waals surface area contributed by atoms with Crippen molar-refractivity contribution in [3.63, 3.8) is 0 Å². The van der Waals surface area contributed by atoms with Crippen LogP contribution in [0.2, 0.25) is 0 Å². The Morgan fingerprint density at radius 3 is 3.00 bits per heavy atom. The van der Waals surface area contributed by atoms with Gasteiger partial charge in [-0.2, -0.15) is 0 Å². The van der Waals surface area contributed by atoms with E-state index in [1.807, 2.05) is 6.07 Å². The molecule has 1 aromatic heterocycles. The highest BCUT2D eigenvalue weighted by molar-refractivity contribution is 9.08. The van der Waals surface area contributed by atoms with Crippen LogP contribution in [0.15, 0.2) is 24.5 Å². The molecule has 0 aliphatic carbocycles. The summed E-state index contributed by atoms with van der Waals surface area (Å²) >= 11 is 3.29. The lowest BCUT2D eigenvalue weighted by molar-refractivity contribution is -0.134. The Kier molecular flexibility index (Phi) is 3.46. The van der Waals surface area contributed by atoms with Gasteiger partial charge < -0.3 is 5.32 Å². The van der Waals surface area contributed by atoms with Gasteiger partial charge in [0.05, 0.1) is 27.2 Å². The molecule has 0 spiro atoms. The lowest BCUT2D eigenvalue weighted by atomic mass is 10.1. The maximum atomic E-state index is 12.3. The molecule has 7 nitrogen and oxygen atoms in total. The molecule has 8 heteroatoms. The van der Waals surface area contributed by atoms with Crippen molar-refractivity contribution in [2.75, 3.05) is 0 Å². The third-order valence-corrected chi connectivity index (χ3v) is 3.89. The molecule has 108 valence electrons. The molecule has 21 heavy (non-hydrogen) atoms. The van der Waals surface area contributed by atoms with Gasteiger partial charge in [-0.1, -0.05) is 6.07 Å². The van der Waals surface area contributed by atoms with Crippen LogP contribution in [0.5, 0.6) is 0 Å². The number of piperidine rings is 1. The summed E-state index contributed by atoms with van der Waals surface area (Å²) in [4.78, 5) is 39.2. The van der Waals surface area contributed by atoms with Crippen molar-refractivity contribution >= 4 is 44.9 Å². The first-order chi connectivity index (χ1) is 10.1. The van der Waals surface area contributed by atoms with E-state index in [1.165, 1.54) is 0 Å². The van der Waals surface area contributed by atoms with Crippen LogP contribution in [-0.2, 0) is 9.59 Å². The van der Waals surface area contributed by atoms with E-state index >= 15 is 0 Å². The second-order valence-electron chi connectivity index (χ2n) is 4.71. The van der Waals surface area contributed by atoms with Crippen LogP contribution in [0.1, 0.15) is 23.2 Å². The van der Waals surface area contributed by atoms with Gasteiger partial charge in [0, 0.05) is 6.42 Å². The van der Waals surface area contributed by atoms with Crippen LogP contribution in [-0.4, -0.2) is 32.3 Å². The van der Waals surface area contributed by atoms with Gasteiger partial charge in [0.1, 0.15) is 17.9 Å². The molecule has 3 amide bonds. The summed E-state index contributed by atoms with van der Waals surface area (Å²) in [7, 11) is 0. The number of imide groups is 1. The van der Waals surface area contributed by atoms with E-state index in [4.69, 9.17) is 0 Å². The lowest BCUT2D eigenvalue weighted by Gasteiger charge is -2.21. The molecule has 0 bridgehead atoms. The Balaban J connectivity index is 1.84. The molecular weight excluding hydrogens is 340 g/mol. The molecule has 1 aromatic carbocycles. The van der Waals surface area contributed by atoms with Crippen LogP contribution in [0.3, 0.4) is 0 Å². The van der Waals surface area contributed by atoms with E-state index in [0.717, 1.165) is 5.52 Å². The van der Waals surface area contributed by atoms with E-state index in [1.54, 1.807) is 22.1 Å². The fraction of sp³-hybridized carbons (Fsp3) is 0.231. The highest BCUT2D eigenvalue weighted by Gasteiger charge is 2.28. The van der Waals surface area contributed by atoms with Crippen molar-refractivity contribution in [1.29, 1.82) is 0 Å². The van der Waals surface area contributed by atoms with Crippen molar-refractivity contribution in [2.45, 2.75) is 18.9 Å². The average Bonchev–Trinajstić information content (AvgIpc) is 2.84. The van der Waals surface area contributed by atoms with E-state index in [-0.39, 0.29) is 18.2 Å². The molecule has 1 aliphatic heterocycles. The molecule has 1 aliphatic rings. The Hall–Kier alpha value is -2.22. The molecular formula is C13H11BrN4O3. The largest absolute Gasteiger partial charge is 0.340 e. The molecule has 2 aromatic rings. The topological polar surface area (TPSA) is 93.1 Å². The number of carbonyl (C=O) groups excluding carboxylic acids is 3. The van der Waals surface area contributed by atoms with Gasteiger partial charge in [0.2, 0.25) is 11.8 Å². The number of nitrogens with one attached hydrogen (secondary N) is 2. The second kappa shape index (κ2) is 5.28. The number of aromatic nitrogens is 2. The molecule has 1 saturated heterocycles. The number of amides is 3. The molecule has 1 atom stereocenters. The maximum absolute atomic E-state index is 12.3. The second-order valence-corrected chi connectivity index (χ2v) is 5.47. The minimum absolute atomic E-state index is 0.219. The molecule has 3 rings (SSSR count). The maximum Gasteiger partial charge on any atom is 0.254 e. The Morgan fingerprint density at radius 1 is 1.43 bits per heavy atom. The fourth-order valence-corrected chi connectivity index (χ4v) is 2.64. The van der Waals surface area contributed by atoms with Crippen molar-refractivity contribution in [1.82, 2.24) is 19.2 Å². The van der Waals surface area contributed by atoms with Crippen LogP contribution < -0.4 is 10.6 Å². The minimum atomic E-state index is -0.698. The minimum Gasteiger partial charge on any atom is -0.340 e. The SMILES string of the molecule is O=C1CCC(NC(=O)c2cccc3c2ncn3Br)C(=O)N1. The summed E-state index contributed by atoms with van der Waals surface area (Å²) < 4.78 is 1.63. The number of hydrogen-bond acceptors (Lipinski definition) is 4.